The number of hydrogen-bond donors (Lipinski definition) is 1. The van der Waals surface area contributed by atoms with Crippen molar-refractivity contribution in [3.05, 3.63) is 28.2 Å². The molecule has 0 bridgehead atoms. The second kappa shape index (κ2) is 8.62. The van der Waals surface area contributed by atoms with E-state index in [1.807, 2.05) is 0 Å². The van der Waals surface area contributed by atoms with Gasteiger partial charge in [0, 0.05) is 32.7 Å². The predicted molar refractivity (Wildman–Crippen MR) is 89.6 cm³/mol. The Labute approximate surface area is 146 Å². The summed E-state index contributed by atoms with van der Waals surface area (Å²) in [5.41, 5.74) is 0. The zero-order chi connectivity index (χ0) is 16.9. The summed E-state index contributed by atoms with van der Waals surface area (Å²) in [5, 5.41) is 9.20. The smallest absolute Gasteiger partial charge is 0.243 e. The van der Waals surface area contributed by atoms with Gasteiger partial charge < -0.3 is 9.84 Å². The summed E-state index contributed by atoms with van der Waals surface area (Å²) >= 11 is 11.7. The molecule has 1 N–H and O–H groups in total. The molecule has 1 aliphatic heterocycles. The average Bonchev–Trinajstić information content (AvgIpc) is 2.54. The minimum Gasteiger partial charge on any atom is -0.394 e. The maximum absolute atomic E-state index is 12.6. The summed E-state index contributed by atoms with van der Waals surface area (Å²) in [7, 11) is -3.55. The van der Waals surface area contributed by atoms with Crippen LogP contribution in [0.3, 0.4) is 0 Å². The molecular formula is C14H20Cl2N2O4S. The number of ether oxygens (including phenoxy) is 1. The van der Waals surface area contributed by atoms with Gasteiger partial charge in [-0.1, -0.05) is 23.2 Å². The van der Waals surface area contributed by atoms with E-state index >= 15 is 0 Å². The molecule has 0 aromatic heterocycles. The van der Waals surface area contributed by atoms with E-state index in [1.165, 1.54) is 22.5 Å². The fraction of sp³-hybridized carbons (Fsp3) is 0.571. The van der Waals surface area contributed by atoms with Gasteiger partial charge in [0.15, 0.2) is 0 Å². The number of aliphatic hydroxyl groups is 1. The Hall–Kier alpha value is -0.410. The maximum Gasteiger partial charge on any atom is 0.243 e. The molecule has 0 saturated carbocycles. The number of nitrogens with zero attached hydrogens (tertiary/aromatic N) is 2. The van der Waals surface area contributed by atoms with Crippen LogP contribution in [-0.2, 0) is 14.8 Å². The van der Waals surface area contributed by atoms with Crippen LogP contribution >= 0.6 is 23.2 Å². The summed E-state index contributed by atoms with van der Waals surface area (Å²) < 4.78 is 31.9. The number of rotatable bonds is 7. The molecule has 0 aliphatic carbocycles. The monoisotopic (exact) mass is 382 g/mol. The predicted octanol–water partition coefficient (Wildman–Crippen LogP) is 1.31. The van der Waals surface area contributed by atoms with E-state index in [-0.39, 0.29) is 16.5 Å². The van der Waals surface area contributed by atoms with Crippen LogP contribution in [0.4, 0.5) is 0 Å². The van der Waals surface area contributed by atoms with Gasteiger partial charge in [0.25, 0.3) is 0 Å². The van der Waals surface area contributed by atoms with Gasteiger partial charge in [0.2, 0.25) is 10.0 Å². The first kappa shape index (κ1) is 18.9. The third kappa shape index (κ3) is 5.03. The number of piperazine rings is 1. The highest BCUT2D eigenvalue weighted by molar-refractivity contribution is 7.89. The third-order valence-corrected chi connectivity index (χ3v) is 6.28. The summed E-state index contributed by atoms with van der Waals surface area (Å²) in [6, 6.07) is 4.35. The summed E-state index contributed by atoms with van der Waals surface area (Å²) in [5.74, 6) is 0. The second-order valence-electron chi connectivity index (χ2n) is 5.16. The van der Waals surface area contributed by atoms with Crippen molar-refractivity contribution < 1.29 is 18.3 Å². The molecular weight excluding hydrogens is 363 g/mol. The van der Waals surface area contributed by atoms with E-state index in [1.54, 1.807) is 0 Å². The number of halogens is 2. The van der Waals surface area contributed by atoms with E-state index in [0.29, 0.717) is 44.4 Å². The first-order valence-electron chi connectivity index (χ1n) is 7.31. The molecule has 1 saturated heterocycles. The standard InChI is InChI=1S/C14H20Cl2N2O4S/c15-13-2-1-12(11-14(13)16)23(20,21)18-5-3-17(4-6-18)7-9-22-10-8-19/h1-2,11,19H,3-10H2. The molecule has 0 radical (unpaired) electrons. The summed E-state index contributed by atoms with van der Waals surface area (Å²) in [4.78, 5) is 2.30. The Morgan fingerprint density at radius 1 is 1.09 bits per heavy atom. The fourth-order valence-electron chi connectivity index (χ4n) is 2.34. The van der Waals surface area contributed by atoms with E-state index in [0.717, 1.165) is 6.54 Å². The molecule has 0 atom stereocenters. The van der Waals surface area contributed by atoms with Crippen molar-refractivity contribution in [3.63, 3.8) is 0 Å². The lowest BCUT2D eigenvalue weighted by Gasteiger charge is -2.33. The van der Waals surface area contributed by atoms with Gasteiger partial charge in [0.1, 0.15) is 0 Å². The molecule has 2 rings (SSSR count). The van der Waals surface area contributed by atoms with Gasteiger partial charge in [-0.2, -0.15) is 4.31 Å². The number of benzene rings is 1. The minimum atomic E-state index is -3.55. The first-order chi connectivity index (χ1) is 10.9. The number of aliphatic hydroxyl groups excluding tert-OH is 1. The Balaban J connectivity index is 1.92. The zero-order valence-corrected chi connectivity index (χ0v) is 14.9. The van der Waals surface area contributed by atoms with Gasteiger partial charge in [-0.15, -0.1) is 0 Å². The van der Waals surface area contributed by atoms with Gasteiger partial charge in [-0.3, -0.25) is 4.90 Å². The fourth-order valence-corrected chi connectivity index (χ4v) is 4.15. The largest absolute Gasteiger partial charge is 0.394 e. The molecule has 6 nitrogen and oxygen atoms in total. The normalized spacial score (nSPS) is 17.5. The Morgan fingerprint density at radius 3 is 2.39 bits per heavy atom. The van der Waals surface area contributed by atoms with Crippen LogP contribution in [0.15, 0.2) is 23.1 Å². The van der Waals surface area contributed by atoms with Gasteiger partial charge in [-0.05, 0) is 18.2 Å². The molecule has 0 spiro atoms. The topological polar surface area (TPSA) is 70.1 Å². The van der Waals surface area contributed by atoms with Crippen molar-refractivity contribution in [2.45, 2.75) is 4.90 Å². The van der Waals surface area contributed by atoms with Crippen LogP contribution in [0.2, 0.25) is 10.0 Å². The van der Waals surface area contributed by atoms with Crippen molar-refractivity contribution in [3.8, 4) is 0 Å². The van der Waals surface area contributed by atoms with Crippen molar-refractivity contribution in [2.75, 3.05) is 52.5 Å². The number of hydrogen-bond acceptors (Lipinski definition) is 5. The Morgan fingerprint density at radius 2 is 1.78 bits per heavy atom. The van der Waals surface area contributed by atoms with Crippen molar-refractivity contribution in [2.24, 2.45) is 0 Å². The molecule has 1 aliphatic rings. The van der Waals surface area contributed by atoms with Crippen molar-refractivity contribution >= 4 is 33.2 Å². The molecule has 1 fully saturated rings. The van der Waals surface area contributed by atoms with Crippen LogP contribution in [0.1, 0.15) is 0 Å². The highest BCUT2D eigenvalue weighted by Crippen LogP contribution is 2.26. The summed E-state index contributed by atoms with van der Waals surface area (Å²) in [6.07, 6.45) is 0. The average molecular weight is 383 g/mol. The van der Waals surface area contributed by atoms with E-state index in [4.69, 9.17) is 33.0 Å². The molecule has 0 amide bonds. The minimum absolute atomic E-state index is 0.00960. The third-order valence-electron chi connectivity index (χ3n) is 3.65. The molecule has 1 heterocycles. The van der Waals surface area contributed by atoms with Gasteiger partial charge in [-0.25, -0.2) is 8.42 Å². The van der Waals surface area contributed by atoms with E-state index < -0.39 is 10.0 Å². The molecule has 9 heteroatoms. The zero-order valence-electron chi connectivity index (χ0n) is 12.6. The maximum atomic E-state index is 12.6. The van der Waals surface area contributed by atoms with E-state index in [9.17, 15) is 8.42 Å². The van der Waals surface area contributed by atoms with Gasteiger partial charge in [0.05, 0.1) is 34.8 Å². The molecule has 130 valence electrons. The quantitative estimate of drug-likeness (QED) is 0.719. The molecule has 23 heavy (non-hydrogen) atoms. The Kier molecular flexibility index (Phi) is 7.09. The number of sulfonamides is 1. The van der Waals surface area contributed by atoms with Crippen LogP contribution < -0.4 is 0 Å². The van der Waals surface area contributed by atoms with Crippen LogP contribution in [0.25, 0.3) is 0 Å². The Bertz CT molecular complexity index is 619. The lowest BCUT2D eigenvalue weighted by atomic mass is 10.3. The summed E-state index contributed by atoms with van der Waals surface area (Å²) in [6.45, 7) is 3.71. The van der Waals surface area contributed by atoms with Crippen LogP contribution in [0, 0.1) is 0 Å². The molecule has 0 unspecified atom stereocenters. The highest BCUT2D eigenvalue weighted by Gasteiger charge is 2.28. The van der Waals surface area contributed by atoms with Crippen LogP contribution in [-0.4, -0.2) is 75.3 Å². The van der Waals surface area contributed by atoms with Gasteiger partial charge >= 0.3 is 0 Å². The molecule has 1 aromatic carbocycles. The molecule has 1 aromatic rings. The van der Waals surface area contributed by atoms with Crippen molar-refractivity contribution in [1.29, 1.82) is 0 Å². The lowest BCUT2D eigenvalue weighted by Crippen LogP contribution is -2.49. The first-order valence-corrected chi connectivity index (χ1v) is 9.51. The SMILES string of the molecule is O=S(=O)(c1ccc(Cl)c(Cl)c1)N1CCN(CCOCCO)CC1. The van der Waals surface area contributed by atoms with Crippen molar-refractivity contribution in [1.82, 2.24) is 9.21 Å². The van der Waals surface area contributed by atoms with E-state index in [2.05, 4.69) is 4.90 Å². The van der Waals surface area contributed by atoms with Crippen LogP contribution in [0.5, 0.6) is 0 Å². The lowest BCUT2D eigenvalue weighted by molar-refractivity contribution is 0.0661. The highest BCUT2D eigenvalue weighted by atomic mass is 35.5. The second-order valence-corrected chi connectivity index (χ2v) is 7.91.